The number of nitrogens with zero attached hydrogens (tertiary/aromatic N) is 4. The number of fused-ring (bicyclic) bond motifs is 1. The lowest BCUT2D eigenvalue weighted by molar-refractivity contribution is -0.143. The first kappa shape index (κ1) is 31.1. The van der Waals surface area contributed by atoms with Crippen LogP contribution in [0.2, 0.25) is 0 Å². The summed E-state index contributed by atoms with van der Waals surface area (Å²) in [5.41, 5.74) is 1.26. The highest BCUT2D eigenvalue weighted by molar-refractivity contribution is 7.14. The molecule has 238 valence electrons. The van der Waals surface area contributed by atoms with E-state index in [1.807, 2.05) is 19.1 Å². The number of anilines is 1. The minimum Gasteiger partial charge on any atom is -0.383 e. The molecule has 3 atom stereocenters. The molecule has 12 heteroatoms. The van der Waals surface area contributed by atoms with Gasteiger partial charge in [-0.2, -0.15) is 0 Å². The van der Waals surface area contributed by atoms with Gasteiger partial charge >= 0.3 is 0 Å². The van der Waals surface area contributed by atoms with Gasteiger partial charge < -0.3 is 29.3 Å². The molecule has 44 heavy (non-hydrogen) atoms. The monoisotopic (exact) mass is 625 g/mol. The SMILES string of the molecule is CCO[C@H]1CN(C(=O)C2(NC(=O)c3ccc(-c4csc(N5CCN(CCOC)CC5)n4)cc3)CCCCC2)[C@@H]2C(=O)CO[C@@H]12. The van der Waals surface area contributed by atoms with E-state index in [0.29, 0.717) is 31.6 Å². The van der Waals surface area contributed by atoms with Crippen LogP contribution in [-0.4, -0.2) is 122 Å². The van der Waals surface area contributed by atoms with Crippen LogP contribution in [0.3, 0.4) is 0 Å². The number of nitrogens with one attached hydrogen (secondary N) is 1. The number of amides is 2. The van der Waals surface area contributed by atoms with Gasteiger partial charge in [-0.1, -0.05) is 31.4 Å². The molecule has 4 heterocycles. The molecule has 4 fully saturated rings. The second-order valence-corrected chi connectivity index (χ2v) is 13.0. The van der Waals surface area contributed by atoms with Crippen LogP contribution in [0, 0.1) is 0 Å². The van der Waals surface area contributed by atoms with E-state index in [1.165, 1.54) is 0 Å². The first-order valence-electron chi connectivity index (χ1n) is 15.8. The highest BCUT2D eigenvalue weighted by Crippen LogP contribution is 2.36. The van der Waals surface area contributed by atoms with Gasteiger partial charge in [-0.25, -0.2) is 4.98 Å². The molecule has 4 aliphatic rings. The second kappa shape index (κ2) is 13.6. The predicted octanol–water partition coefficient (Wildman–Crippen LogP) is 2.60. The molecular formula is C32H43N5O6S. The van der Waals surface area contributed by atoms with E-state index < -0.39 is 17.7 Å². The van der Waals surface area contributed by atoms with E-state index in [1.54, 1.807) is 35.5 Å². The predicted molar refractivity (Wildman–Crippen MR) is 167 cm³/mol. The summed E-state index contributed by atoms with van der Waals surface area (Å²) >= 11 is 1.64. The molecule has 0 bridgehead atoms. The number of hydrogen-bond donors (Lipinski definition) is 1. The second-order valence-electron chi connectivity index (χ2n) is 12.1. The zero-order valence-electron chi connectivity index (χ0n) is 25.7. The van der Waals surface area contributed by atoms with Gasteiger partial charge in [0.05, 0.1) is 18.8 Å². The van der Waals surface area contributed by atoms with Crippen LogP contribution in [0.15, 0.2) is 29.6 Å². The van der Waals surface area contributed by atoms with E-state index in [2.05, 4.69) is 20.5 Å². The van der Waals surface area contributed by atoms with Crippen molar-refractivity contribution in [1.29, 1.82) is 0 Å². The number of Topliss-reactive ketones (excluding diaryl/α,β-unsaturated/α-hetero) is 1. The Morgan fingerprint density at radius 1 is 1.11 bits per heavy atom. The summed E-state index contributed by atoms with van der Waals surface area (Å²) in [7, 11) is 1.73. The van der Waals surface area contributed by atoms with Gasteiger partial charge in [-0.05, 0) is 31.9 Å². The van der Waals surface area contributed by atoms with Gasteiger partial charge in [0.2, 0.25) is 5.91 Å². The van der Waals surface area contributed by atoms with Crippen molar-refractivity contribution in [2.75, 3.05) is 71.1 Å². The van der Waals surface area contributed by atoms with Crippen LogP contribution in [0.5, 0.6) is 0 Å². The largest absolute Gasteiger partial charge is 0.383 e. The Labute approximate surface area is 262 Å². The van der Waals surface area contributed by atoms with Gasteiger partial charge in [-0.15, -0.1) is 11.3 Å². The smallest absolute Gasteiger partial charge is 0.252 e. The molecule has 1 aromatic heterocycles. The Balaban J connectivity index is 1.12. The molecule has 2 amide bonds. The minimum absolute atomic E-state index is 0.0135. The molecule has 1 aromatic carbocycles. The Bertz CT molecular complexity index is 1320. The summed E-state index contributed by atoms with van der Waals surface area (Å²) in [4.78, 5) is 51.8. The fraction of sp³-hybridized carbons (Fsp3) is 0.625. The van der Waals surface area contributed by atoms with Crippen molar-refractivity contribution in [1.82, 2.24) is 20.1 Å². The molecule has 3 saturated heterocycles. The topological polar surface area (TPSA) is 114 Å². The zero-order valence-corrected chi connectivity index (χ0v) is 26.5. The maximum Gasteiger partial charge on any atom is 0.252 e. The lowest BCUT2D eigenvalue weighted by atomic mass is 9.80. The molecule has 1 aliphatic carbocycles. The van der Waals surface area contributed by atoms with Gasteiger partial charge in [0.15, 0.2) is 10.9 Å². The van der Waals surface area contributed by atoms with Crippen LogP contribution in [0.25, 0.3) is 11.3 Å². The number of aromatic nitrogens is 1. The number of carbonyl (C=O) groups is 3. The van der Waals surface area contributed by atoms with Crippen LogP contribution >= 0.6 is 11.3 Å². The van der Waals surface area contributed by atoms with Crippen molar-refractivity contribution in [2.24, 2.45) is 0 Å². The fourth-order valence-electron chi connectivity index (χ4n) is 7.01. The number of benzene rings is 1. The summed E-state index contributed by atoms with van der Waals surface area (Å²) in [5.74, 6) is -0.594. The number of hydrogen-bond acceptors (Lipinski definition) is 10. The highest BCUT2D eigenvalue weighted by Gasteiger charge is 2.56. The van der Waals surface area contributed by atoms with Crippen LogP contribution in [-0.2, 0) is 23.8 Å². The van der Waals surface area contributed by atoms with Crippen molar-refractivity contribution in [2.45, 2.75) is 62.8 Å². The standard InChI is InChI=1S/C32H43N5O6S/c1-3-42-26-19-37(27-25(38)20-43-28(26)27)30(40)32(11-5-4-6-12-32)34-29(39)23-9-7-22(8-10-23)24-21-44-31(33-24)36-15-13-35(14-16-36)17-18-41-2/h7-10,21,26-28H,3-6,11-20H2,1-2H3,(H,34,39)/t26-,27+,28-/m0/s1. The molecule has 1 saturated carbocycles. The van der Waals surface area contributed by atoms with Gasteiger partial charge in [0, 0.05) is 62.9 Å². The summed E-state index contributed by atoms with van der Waals surface area (Å²) in [5, 5.41) is 6.20. The number of ketones is 1. The van der Waals surface area contributed by atoms with Gasteiger partial charge in [0.25, 0.3) is 5.91 Å². The first-order chi connectivity index (χ1) is 21.4. The third-order valence-electron chi connectivity index (χ3n) is 9.44. The molecular weight excluding hydrogens is 582 g/mol. The summed E-state index contributed by atoms with van der Waals surface area (Å²) in [6, 6.07) is 6.77. The van der Waals surface area contributed by atoms with E-state index >= 15 is 0 Å². The number of thiazole rings is 1. The number of piperazine rings is 1. The molecule has 0 unspecified atom stereocenters. The molecule has 2 aromatic rings. The molecule has 0 radical (unpaired) electrons. The van der Waals surface area contributed by atoms with Gasteiger partial charge in [-0.3, -0.25) is 19.3 Å². The molecule has 11 nitrogen and oxygen atoms in total. The Hall–Kier alpha value is -2.90. The third-order valence-corrected chi connectivity index (χ3v) is 10.3. The van der Waals surface area contributed by atoms with E-state index in [4.69, 9.17) is 19.2 Å². The highest BCUT2D eigenvalue weighted by atomic mass is 32.1. The lowest BCUT2D eigenvalue weighted by Gasteiger charge is -2.40. The summed E-state index contributed by atoms with van der Waals surface area (Å²) < 4.78 is 16.8. The van der Waals surface area contributed by atoms with E-state index in [9.17, 15) is 14.4 Å². The average Bonchev–Trinajstić information content (AvgIpc) is 3.78. The number of ether oxygens (including phenoxy) is 3. The molecule has 1 N–H and O–H groups in total. The van der Waals surface area contributed by atoms with Crippen molar-refractivity contribution in [3.63, 3.8) is 0 Å². The third kappa shape index (κ3) is 6.28. The maximum absolute atomic E-state index is 14.2. The first-order valence-corrected chi connectivity index (χ1v) is 16.7. The number of methoxy groups -OCH3 is 1. The van der Waals surface area contributed by atoms with E-state index in [0.717, 1.165) is 75.0 Å². The lowest BCUT2D eigenvalue weighted by Crippen LogP contribution is -2.62. The van der Waals surface area contributed by atoms with Gasteiger partial charge in [0.1, 0.15) is 30.4 Å². The van der Waals surface area contributed by atoms with Crippen molar-refractivity contribution < 1.29 is 28.6 Å². The minimum atomic E-state index is -1.06. The van der Waals surface area contributed by atoms with Crippen molar-refractivity contribution in [3.8, 4) is 11.3 Å². The molecule has 0 spiro atoms. The number of rotatable bonds is 10. The van der Waals surface area contributed by atoms with Crippen LogP contribution in [0.1, 0.15) is 49.4 Å². The average molecular weight is 626 g/mol. The number of carbonyl (C=O) groups excluding carboxylic acids is 3. The number of likely N-dealkylation sites (tertiary alicyclic amines) is 1. The van der Waals surface area contributed by atoms with Crippen molar-refractivity contribution >= 4 is 34.1 Å². The van der Waals surface area contributed by atoms with Crippen molar-refractivity contribution in [3.05, 3.63) is 35.2 Å². The normalized spacial score (nSPS) is 25.3. The Kier molecular flexibility index (Phi) is 9.62. The van der Waals surface area contributed by atoms with Crippen LogP contribution < -0.4 is 10.2 Å². The van der Waals surface area contributed by atoms with E-state index in [-0.39, 0.29) is 30.3 Å². The molecule has 6 rings (SSSR count). The fourth-order valence-corrected chi connectivity index (χ4v) is 7.90. The molecule has 3 aliphatic heterocycles. The Morgan fingerprint density at radius 2 is 1.86 bits per heavy atom. The maximum atomic E-state index is 14.2. The summed E-state index contributed by atoms with van der Waals surface area (Å²) in [6.07, 6.45) is 2.96. The van der Waals surface area contributed by atoms with Crippen LogP contribution in [0.4, 0.5) is 5.13 Å². The zero-order chi connectivity index (χ0) is 30.7. The Morgan fingerprint density at radius 3 is 2.57 bits per heavy atom. The summed E-state index contributed by atoms with van der Waals surface area (Å²) in [6.45, 7) is 8.18. The quantitative estimate of drug-likeness (QED) is 0.426.